The van der Waals surface area contributed by atoms with Crippen LogP contribution < -0.4 is 0 Å². The minimum atomic E-state index is 0.521. The third-order valence-corrected chi connectivity index (χ3v) is 5.63. The first-order chi connectivity index (χ1) is 13.7. The summed E-state index contributed by atoms with van der Waals surface area (Å²) in [5.74, 6) is 1.63. The van der Waals surface area contributed by atoms with Gasteiger partial charge in [-0.05, 0) is 67.1 Å². The quantitative estimate of drug-likeness (QED) is 0.485. The topological polar surface area (TPSA) is 54.5 Å². The molecule has 4 heteroatoms. The molecule has 0 N–H and O–H groups in total. The average molecular weight is 364 g/mol. The van der Waals surface area contributed by atoms with Crippen LogP contribution in [0, 0.1) is 25.2 Å². The Morgan fingerprint density at radius 1 is 1.04 bits per heavy atom. The van der Waals surface area contributed by atoms with E-state index in [0.717, 1.165) is 33.8 Å². The number of pyridine rings is 1. The van der Waals surface area contributed by atoms with Gasteiger partial charge in [-0.2, -0.15) is 5.26 Å². The number of fused-ring (bicyclic) bond motifs is 1. The number of hydrogen-bond donors (Lipinski definition) is 0. The SMILES string of the molecule is Cc1cnc2c(nc(C3CC3)n2-c2ccc(-c3ccccc3C#N)cc2)c1C. The fraction of sp³-hybridized carbons (Fsp3) is 0.208. The van der Waals surface area contributed by atoms with Gasteiger partial charge in [0.25, 0.3) is 0 Å². The molecule has 1 aliphatic carbocycles. The summed E-state index contributed by atoms with van der Waals surface area (Å²) in [6.07, 6.45) is 4.31. The lowest BCUT2D eigenvalue weighted by Crippen LogP contribution is -2.01. The summed E-state index contributed by atoms with van der Waals surface area (Å²) >= 11 is 0. The zero-order chi connectivity index (χ0) is 19.3. The number of hydrogen-bond acceptors (Lipinski definition) is 3. The third-order valence-electron chi connectivity index (χ3n) is 5.63. The molecule has 0 bridgehead atoms. The van der Waals surface area contributed by atoms with Gasteiger partial charge >= 0.3 is 0 Å². The van der Waals surface area contributed by atoms with Gasteiger partial charge in [0, 0.05) is 17.8 Å². The molecule has 0 spiro atoms. The van der Waals surface area contributed by atoms with Crippen molar-refractivity contribution in [3.63, 3.8) is 0 Å². The van der Waals surface area contributed by atoms with Crippen LogP contribution in [-0.2, 0) is 0 Å². The Balaban J connectivity index is 1.66. The molecule has 1 saturated carbocycles. The molecule has 1 aliphatic rings. The molecule has 0 aliphatic heterocycles. The van der Waals surface area contributed by atoms with Crippen LogP contribution in [0.1, 0.15) is 41.3 Å². The first kappa shape index (κ1) is 16.7. The van der Waals surface area contributed by atoms with E-state index in [1.165, 1.54) is 24.0 Å². The molecule has 0 saturated heterocycles. The van der Waals surface area contributed by atoms with Crippen LogP contribution >= 0.6 is 0 Å². The highest BCUT2D eigenvalue weighted by molar-refractivity contribution is 5.79. The van der Waals surface area contributed by atoms with Gasteiger partial charge in [-0.3, -0.25) is 4.57 Å². The maximum atomic E-state index is 9.39. The van der Waals surface area contributed by atoms with Crippen molar-refractivity contribution in [3.05, 3.63) is 77.2 Å². The number of nitrogens with zero attached hydrogens (tertiary/aromatic N) is 4. The summed E-state index contributed by atoms with van der Waals surface area (Å²) in [6.45, 7) is 4.20. The maximum absolute atomic E-state index is 9.39. The van der Waals surface area contributed by atoms with Crippen LogP contribution in [0.2, 0.25) is 0 Å². The van der Waals surface area contributed by atoms with Gasteiger partial charge in [0.15, 0.2) is 5.65 Å². The van der Waals surface area contributed by atoms with Gasteiger partial charge in [-0.15, -0.1) is 0 Å². The lowest BCUT2D eigenvalue weighted by atomic mass is 10.0. The normalized spacial score (nSPS) is 13.6. The minimum absolute atomic E-state index is 0.521. The first-order valence-electron chi connectivity index (χ1n) is 9.62. The highest BCUT2D eigenvalue weighted by atomic mass is 15.1. The van der Waals surface area contributed by atoms with Crippen LogP contribution in [-0.4, -0.2) is 14.5 Å². The van der Waals surface area contributed by atoms with Gasteiger partial charge in [0.1, 0.15) is 11.3 Å². The molecule has 136 valence electrons. The summed E-state index contributed by atoms with van der Waals surface area (Å²) in [5.41, 5.74) is 8.05. The van der Waals surface area contributed by atoms with Crippen LogP contribution in [0.15, 0.2) is 54.7 Å². The van der Waals surface area contributed by atoms with Crippen molar-refractivity contribution >= 4 is 11.2 Å². The first-order valence-corrected chi connectivity index (χ1v) is 9.62. The number of rotatable bonds is 3. The van der Waals surface area contributed by atoms with Gasteiger partial charge in [-0.1, -0.05) is 30.3 Å². The van der Waals surface area contributed by atoms with Gasteiger partial charge in [0.05, 0.1) is 11.6 Å². The fourth-order valence-corrected chi connectivity index (χ4v) is 3.73. The van der Waals surface area contributed by atoms with E-state index in [1.54, 1.807) is 0 Å². The van der Waals surface area contributed by atoms with Crippen LogP contribution in [0.3, 0.4) is 0 Å². The Hall–Kier alpha value is -3.45. The summed E-state index contributed by atoms with van der Waals surface area (Å²) < 4.78 is 2.21. The second kappa shape index (κ2) is 6.31. The van der Waals surface area contributed by atoms with E-state index in [-0.39, 0.29) is 0 Å². The molecule has 0 amide bonds. The molecule has 1 fully saturated rings. The average Bonchev–Trinajstić information content (AvgIpc) is 3.51. The van der Waals surface area contributed by atoms with Gasteiger partial charge < -0.3 is 0 Å². The summed E-state index contributed by atoms with van der Waals surface area (Å²) in [5, 5.41) is 9.39. The molecule has 28 heavy (non-hydrogen) atoms. The molecule has 5 rings (SSSR count). The Labute approximate surface area is 164 Å². The van der Waals surface area contributed by atoms with Crippen LogP contribution in [0.4, 0.5) is 0 Å². The molecule has 2 aromatic carbocycles. The molecular formula is C24H20N4. The van der Waals surface area contributed by atoms with Crippen LogP contribution in [0.25, 0.3) is 28.0 Å². The van der Waals surface area contributed by atoms with E-state index in [1.807, 2.05) is 30.5 Å². The number of aryl methyl sites for hydroxylation is 2. The fourth-order valence-electron chi connectivity index (χ4n) is 3.73. The Morgan fingerprint density at radius 3 is 2.50 bits per heavy atom. The highest BCUT2D eigenvalue weighted by Gasteiger charge is 2.31. The minimum Gasteiger partial charge on any atom is -0.280 e. The number of aromatic nitrogens is 3. The predicted molar refractivity (Wildman–Crippen MR) is 110 cm³/mol. The standard InChI is InChI=1S/C24H20N4/c1-15-14-26-24-22(16(15)2)27-23(18-7-8-18)28(24)20-11-9-17(10-12-20)21-6-4-3-5-19(21)13-25/h3-6,9-12,14,18H,7-8H2,1-2H3. The second-order valence-electron chi connectivity index (χ2n) is 7.52. The summed E-state index contributed by atoms with van der Waals surface area (Å²) in [6, 6.07) is 18.3. The van der Waals surface area contributed by atoms with E-state index in [9.17, 15) is 5.26 Å². The van der Waals surface area contributed by atoms with Crippen molar-refractivity contribution < 1.29 is 0 Å². The Bertz CT molecular complexity index is 1240. The zero-order valence-corrected chi connectivity index (χ0v) is 16.0. The molecule has 2 aromatic heterocycles. The number of nitriles is 1. The van der Waals surface area contributed by atoms with E-state index in [4.69, 9.17) is 9.97 Å². The molecule has 4 nitrogen and oxygen atoms in total. The predicted octanol–water partition coefficient (Wildman–Crippen LogP) is 5.45. The molecular weight excluding hydrogens is 344 g/mol. The van der Waals surface area contributed by atoms with E-state index < -0.39 is 0 Å². The van der Waals surface area contributed by atoms with Crippen molar-refractivity contribution in [2.24, 2.45) is 0 Å². The van der Waals surface area contributed by atoms with E-state index in [2.05, 4.69) is 48.7 Å². The number of benzene rings is 2. The molecule has 0 unspecified atom stereocenters. The molecule has 2 heterocycles. The van der Waals surface area contributed by atoms with Crippen molar-refractivity contribution in [2.75, 3.05) is 0 Å². The Kier molecular flexibility index (Phi) is 3.77. The maximum Gasteiger partial charge on any atom is 0.164 e. The zero-order valence-electron chi connectivity index (χ0n) is 16.0. The van der Waals surface area contributed by atoms with Gasteiger partial charge in [0.2, 0.25) is 0 Å². The molecule has 4 aromatic rings. The summed E-state index contributed by atoms with van der Waals surface area (Å²) in [4.78, 5) is 9.69. The smallest absolute Gasteiger partial charge is 0.164 e. The van der Waals surface area contributed by atoms with Crippen molar-refractivity contribution in [1.82, 2.24) is 14.5 Å². The van der Waals surface area contributed by atoms with Crippen molar-refractivity contribution in [1.29, 1.82) is 5.26 Å². The van der Waals surface area contributed by atoms with Crippen molar-refractivity contribution in [3.8, 4) is 22.9 Å². The summed E-state index contributed by atoms with van der Waals surface area (Å²) in [7, 11) is 0. The van der Waals surface area contributed by atoms with Gasteiger partial charge in [-0.25, -0.2) is 9.97 Å². The lowest BCUT2D eigenvalue weighted by molar-refractivity contribution is 0.890. The second-order valence-corrected chi connectivity index (χ2v) is 7.52. The Morgan fingerprint density at radius 2 is 1.79 bits per heavy atom. The monoisotopic (exact) mass is 364 g/mol. The van der Waals surface area contributed by atoms with E-state index in [0.29, 0.717) is 11.5 Å². The van der Waals surface area contributed by atoms with Crippen LogP contribution in [0.5, 0.6) is 0 Å². The largest absolute Gasteiger partial charge is 0.280 e. The third kappa shape index (κ3) is 2.59. The number of imidazole rings is 1. The molecule has 0 radical (unpaired) electrons. The molecule has 0 atom stereocenters. The lowest BCUT2D eigenvalue weighted by Gasteiger charge is -2.10. The highest BCUT2D eigenvalue weighted by Crippen LogP contribution is 2.42. The van der Waals surface area contributed by atoms with E-state index >= 15 is 0 Å². The van der Waals surface area contributed by atoms with Crippen molar-refractivity contribution in [2.45, 2.75) is 32.6 Å².